The topological polar surface area (TPSA) is 17.8 Å². The number of para-hydroxylation sites is 1. The highest BCUT2D eigenvalue weighted by Crippen LogP contribution is 2.21. The van der Waals surface area contributed by atoms with Gasteiger partial charge in [-0.25, -0.2) is 4.98 Å². The van der Waals surface area contributed by atoms with Crippen LogP contribution in [0.15, 0.2) is 91.3 Å². The van der Waals surface area contributed by atoms with Crippen molar-refractivity contribution in [2.45, 2.75) is 41.5 Å². The molecule has 3 heteroatoms. The van der Waals surface area contributed by atoms with E-state index in [0.29, 0.717) is 0 Å². The van der Waals surface area contributed by atoms with E-state index in [-0.39, 0.29) is 6.71 Å². The zero-order valence-corrected chi connectivity index (χ0v) is 22.1. The minimum absolute atomic E-state index is 0.145. The van der Waals surface area contributed by atoms with Crippen LogP contribution in [0.3, 0.4) is 0 Å². The molecule has 0 aliphatic heterocycles. The Kier molecular flexibility index (Phi) is 6.41. The first-order valence-corrected chi connectivity index (χ1v) is 12.7. The Bertz CT molecular complexity index is 1440. The molecule has 1 aromatic heterocycles. The monoisotopic (exact) mass is 468 g/mol. The molecule has 2 nitrogen and oxygen atoms in total. The number of nitrogens with zero attached hydrogens (tertiary/aromatic N) is 2. The van der Waals surface area contributed by atoms with Gasteiger partial charge in [0.05, 0.1) is 0 Å². The summed E-state index contributed by atoms with van der Waals surface area (Å²) in [4.78, 5) is 4.77. The highest BCUT2D eigenvalue weighted by Gasteiger charge is 2.28. The maximum absolute atomic E-state index is 4.77. The molecule has 0 N–H and O–H groups in total. The predicted octanol–water partition coefficient (Wildman–Crippen LogP) is 5.91. The number of benzene rings is 4. The van der Waals surface area contributed by atoms with Gasteiger partial charge in [0.2, 0.25) is 6.71 Å². The molecule has 1 heterocycles. The zero-order valence-electron chi connectivity index (χ0n) is 22.1. The Hall–Kier alpha value is -3.85. The first kappa shape index (κ1) is 23.9. The zero-order chi connectivity index (χ0) is 25.4. The Labute approximate surface area is 215 Å². The summed E-state index contributed by atoms with van der Waals surface area (Å²) in [5.41, 5.74) is 14.3. The first-order valence-electron chi connectivity index (χ1n) is 12.7. The second kappa shape index (κ2) is 9.66. The van der Waals surface area contributed by atoms with Crippen molar-refractivity contribution in [3.63, 3.8) is 0 Å². The molecular weight excluding hydrogens is 435 g/mol. The fraction of sp³-hybridized carbons (Fsp3) is 0.182. The molecule has 5 rings (SSSR count). The van der Waals surface area contributed by atoms with Crippen molar-refractivity contribution < 1.29 is 0 Å². The molecule has 0 saturated heterocycles. The van der Waals surface area contributed by atoms with Crippen molar-refractivity contribution in [1.29, 1.82) is 0 Å². The second-order valence-corrected chi connectivity index (χ2v) is 10.1. The first-order chi connectivity index (χ1) is 17.3. The number of imidazole rings is 1. The molecule has 0 radical (unpaired) electrons. The van der Waals surface area contributed by atoms with E-state index in [0.717, 1.165) is 17.1 Å². The van der Waals surface area contributed by atoms with Gasteiger partial charge in [0.1, 0.15) is 5.82 Å². The third-order valence-electron chi connectivity index (χ3n) is 7.21. The molecule has 0 unspecified atom stereocenters. The van der Waals surface area contributed by atoms with Crippen molar-refractivity contribution in [1.82, 2.24) is 9.55 Å². The quantitative estimate of drug-likeness (QED) is 0.294. The summed E-state index contributed by atoms with van der Waals surface area (Å²) in [6.45, 7) is 13.5. The van der Waals surface area contributed by atoms with Crippen molar-refractivity contribution in [2.75, 3.05) is 0 Å². The number of hydrogen-bond donors (Lipinski definition) is 0. The molecule has 0 spiro atoms. The molecule has 178 valence electrons. The van der Waals surface area contributed by atoms with Gasteiger partial charge in [0.15, 0.2) is 0 Å². The van der Waals surface area contributed by atoms with Crippen LogP contribution in [0, 0.1) is 41.5 Å². The molecule has 0 saturated carbocycles. The van der Waals surface area contributed by atoms with Crippen LogP contribution in [0.4, 0.5) is 0 Å². The predicted molar refractivity (Wildman–Crippen MR) is 155 cm³/mol. The van der Waals surface area contributed by atoms with E-state index in [1.165, 1.54) is 49.8 Å². The highest BCUT2D eigenvalue weighted by molar-refractivity contribution is 6.96. The van der Waals surface area contributed by atoms with Gasteiger partial charge in [-0.15, -0.1) is 0 Å². The van der Waals surface area contributed by atoms with E-state index in [1.807, 2.05) is 18.5 Å². The summed E-state index contributed by atoms with van der Waals surface area (Å²) in [6.07, 6.45) is 3.92. The van der Waals surface area contributed by atoms with Gasteiger partial charge in [-0.3, -0.25) is 4.57 Å². The average molecular weight is 468 g/mol. The third-order valence-corrected chi connectivity index (χ3v) is 7.21. The van der Waals surface area contributed by atoms with Crippen molar-refractivity contribution in [3.05, 3.63) is 125 Å². The second-order valence-electron chi connectivity index (χ2n) is 10.1. The average Bonchev–Trinajstić information content (AvgIpc) is 3.33. The number of rotatable bonds is 5. The van der Waals surface area contributed by atoms with E-state index in [2.05, 4.69) is 119 Å². The van der Waals surface area contributed by atoms with Crippen LogP contribution in [-0.2, 0) is 0 Å². The molecule has 0 fully saturated rings. The Morgan fingerprint density at radius 3 is 1.72 bits per heavy atom. The summed E-state index contributed by atoms with van der Waals surface area (Å²) < 4.78 is 2.17. The van der Waals surface area contributed by atoms with E-state index in [1.54, 1.807) is 0 Å². The molecule has 0 aliphatic carbocycles. The van der Waals surface area contributed by atoms with E-state index >= 15 is 0 Å². The van der Waals surface area contributed by atoms with Crippen LogP contribution in [0.25, 0.3) is 17.1 Å². The fourth-order valence-corrected chi connectivity index (χ4v) is 5.94. The van der Waals surface area contributed by atoms with Crippen LogP contribution < -0.4 is 16.4 Å². The maximum atomic E-state index is 4.77. The van der Waals surface area contributed by atoms with Gasteiger partial charge < -0.3 is 0 Å². The van der Waals surface area contributed by atoms with Crippen LogP contribution in [0.2, 0.25) is 0 Å². The SMILES string of the molecule is Cc1cc(C)c(B(c2cccc(-c3nccn3-c3ccccc3)c2)c2c(C)cc(C)cc2C)c(C)c1. The van der Waals surface area contributed by atoms with Gasteiger partial charge in [-0.2, -0.15) is 0 Å². The number of hydrogen-bond acceptors (Lipinski definition) is 1. The van der Waals surface area contributed by atoms with Crippen molar-refractivity contribution in [2.24, 2.45) is 0 Å². The summed E-state index contributed by atoms with van der Waals surface area (Å²) in [5, 5.41) is 0. The number of aromatic nitrogens is 2. The van der Waals surface area contributed by atoms with Crippen molar-refractivity contribution >= 4 is 23.1 Å². The van der Waals surface area contributed by atoms with E-state index < -0.39 is 0 Å². The van der Waals surface area contributed by atoms with Crippen LogP contribution in [0.5, 0.6) is 0 Å². The molecule has 5 aromatic rings. The van der Waals surface area contributed by atoms with Gasteiger partial charge in [-0.1, -0.05) is 116 Å². The lowest BCUT2D eigenvalue weighted by atomic mass is 9.34. The van der Waals surface area contributed by atoms with Crippen LogP contribution in [-0.4, -0.2) is 16.3 Å². The lowest BCUT2D eigenvalue weighted by Crippen LogP contribution is -2.55. The fourth-order valence-electron chi connectivity index (χ4n) is 5.94. The molecule has 0 atom stereocenters. The number of aryl methyl sites for hydroxylation is 6. The minimum atomic E-state index is 0.145. The van der Waals surface area contributed by atoms with Gasteiger partial charge in [0.25, 0.3) is 0 Å². The Morgan fingerprint density at radius 1 is 0.611 bits per heavy atom. The summed E-state index contributed by atoms with van der Waals surface area (Å²) in [6, 6.07) is 28.7. The van der Waals surface area contributed by atoms with E-state index in [9.17, 15) is 0 Å². The normalized spacial score (nSPS) is 11.1. The minimum Gasteiger partial charge on any atom is -0.300 e. The van der Waals surface area contributed by atoms with E-state index in [4.69, 9.17) is 4.98 Å². The lowest BCUT2D eigenvalue weighted by Gasteiger charge is -2.25. The van der Waals surface area contributed by atoms with Crippen LogP contribution >= 0.6 is 0 Å². The third kappa shape index (κ3) is 4.42. The lowest BCUT2D eigenvalue weighted by molar-refractivity contribution is 1.07. The van der Waals surface area contributed by atoms with Gasteiger partial charge in [-0.05, 0) is 53.7 Å². The Balaban J connectivity index is 1.73. The van der Waals surface area contributed by atoms with Gasteiger partial charge >= 0.3 is 0 Å². The van der Waals surface area contributed by atoms with Crippen molar-refractivity contribution in [3.8, 4) is 17.1 Å². The molecule has 36 heavy (non-hydrogen) atoms. The molecule has 0 aliphatic rings. The maximum Gasteiger partial charge on any atom is 0.242 e. The summed E-state index contributed by atoms with van der Waals surface area (Å²) in [7, 11) is 0. The summed E-state index contributed by atoms with van der Waals surface area (Å²) in [5.74, 6) is 0.955. The largest absolute Gasteiger partial charge is 0.300 e. The molecule has 0 bridgehead atoms. The highest BCUT2D eigenvalue weighted by atomic mass is 15.1. The Morgan fingerprint density at radius 2 is 1.17 bits per heavy atom. The van der Waals surface area contributed by atoms with Gasteiger partial charge in [0, 0.05) is 23.6 Å². The molecule has 4 aromatic carbocycles. The van der Waals surface area contributed by atoms with Crippen LogP contribution in [0.1, 0.15) is 33.4 Å². The summed E-state index contributed by atoms with van der Waals surface area (Å²) >= 11 is 0. The standard InChI is InChI=1S/C33H33BN2/c1-22-17-24(3)31(25(4)18-22)34(32-26(5)19-23(2)20-27(32)6)29-12-10-11-28(21-29)33-35-15-16-36(33)30-13-8-7-9-14-30/h7-21H,1-6H3. The molecular formula is C33H33BN2. The smallest absolute Gasteiger partial charge is 0.242 e. The molecule has 0 amide bonds.